The number of hydrogen-bond acceptors (Lipinski definition) is 5. The minimum Gasteiger partial charge on any atom is -0.389 e. The second-order valence-electron chi connectivity index (χ2n) is 12.5. The average Bonchev–Trinajstić information content (AvgIpc) is 2.89. The lowest BCUT2D eigenvalue weighted by Gasteiger charge is -2.33. The molecule has 0 bridgehead atoms. The van der Waals surface area contributed by atoms with Gasteiger partial charge in [-0.1, -0.05) is 81.4 Å². The fourth-order valence-electron chi connectivity index (χ4n) is 4.57. The van der Waals surface area contributed by atoms with Crippen molar-refractivity contribution in [3.8, 4) is 0 Å². The zero-order chi connectivity index (χ0) is 30.6. The summed E-state index contributed by atoms with van der Waals surface area (Å²) in [5.74, 6) is -1.25. The second kappa shape index (κ2) is 15.9. The van der Waals surface area contributed by atoms with E-state index in [1.54, 1.807) is 6.92 Å². The van der Waals surface area contributed by atoms with Crippen molar-refractivity contribution in [2.24, 2.45) is 11.8 Å². The summed E-state index contributed by atoms with van der Waals surface area (Å²) in [6.07, 6.45) is 0.875. The molecule has 0 spiro atoms. The van der Waals surface area contributed by atoms with Crippen LogP contribution in [0.1, 0.15) is 65.5 Å². The number of rotatable bonds is 15. The summed E-state index contributed by atoms with van der Waals surface area (Å²) in [4.78, 5) is 26.1. The molecule has 0 saturated heterocycles. The number of carbonyl (C=O) groups is 2. The molecule has 0 heterocycles. The van der Waals surface area contributed by atoms with Gasteiger partial charge in [-0.3, -0.25) is 4.79 Å². The van der Waals surface area contributed by atoms with Crippen molar-refractivity contribution in [1.82, 2.24) is 16.0 Å². The molecule has 0 aliphatic rings. The van der Waals surface area contributed by atoms with Gasteiger partial charge in [0, 0.05) is 11.5 Å². The van der Waals surface area contributed by atoms with Gasteiger partial charge >= 0.3 is 6.03 Å². The summed E-state index contributed by atoms with van der Waals surface area (Å²) in [5, 5.41) is 20.3. The van der Waals surface area contributed by atoms with Crippen molar-refractivity contribution in [3.63, 3.8) is 0 Å². The Hall–Kier alpha value is -2.91. The van der Waals surface area contributed by atoms with Crippen LogP contribution >= 0.6 is 0 Å². The molecule has 4 N–H and O–H groups in total. The molecule has 2 aromatic rings. The molecule has 4 atom stereocenters. The fourth-order valence-corrected chi connectivity index (χ4v) is 6.20. The van der Waals surface area contributed by atoms with E-state index in [1.165, 1.54) is 0 Å². The fraction of sp³-hybridized carbons (Fsp3) is 0.562. The van der Waals surface area contributed by atoms with Gasteiger partial charge in [0.2, 0.25) is 5.91 Å². The summed E-state index contributed by atoms with van der Waals surface area (Å²) in [5.41, 5.74) is 1.37. The van der Waals surface area contributed by atoms with Gasteiger partial charge in [-0.25, -0.2) is 13.2 Å². The first-order valence-electron chi connectivity index (χ1n) is 14.5. The van der Waals surface area contributed by atoms with Crippen molar-refractivity contribution >= 4 is 21.8 Å². The van der Waals surface area contributed by atoms with E-state index >= 15 is 0 Å². The number of aliphatic hydroxyl groups excluding tert-OH is 1. The molecule has 228 valence electrons. The van der Waals surface area contributed by atoms with Gasteiger partial charge in [-0.2, -0.15) is 0 Å². The van der Waals surface area contributed by atoms with Gasteiger partial charge in [-0.05, 0) is 63.5 Å². The van der Waals surface area contributed by atoms with E-state index in [-0.39, 0.29) is 11.5 Å². The van der Waals surface area contributed by atoms with Gasteiger partial charge in [0.15, 0.2) is 9.84 Å². The first-order valence-corrected chi connectivity index (χ1v) is 16.3. The van der Waals surface area contributed by atoms with E-state index in [0.717, 1.165) is 17.5 Å². The highest BCUT2D eigenvalue weighted by molar-refractivity contribution is 7.91. The number of urea groups is 1. The van der Waals surface area contributed by atoms with Crippen LogP contribution in [0.15, 0.2) is 60.7 Å². The number of amides is 3. The minimum absolute atomic E-state index is 0.0468. The lowest BCUT2D eigenvalue weighted by Crippen LogP contribution is -2.58. The average molecular weight is 588 g/mol. The van der Waals surface area contributed by atoms with E-state index in [4.69, 9.17) is 0 Å². The third kappa shape index (κ3) is 13.5. The molecular weight excluding hydrogens is 538 g/mol. The van der Waals surface area contributed by atoms with Gasteiger partial charge in [0.25, 0.3) is 0 Å². The second-order valence-corrected chi connectivity index (χ2v) is 14.7. The summed E-state index contributed by atoms with van der Waals surface area (Å²) in [6.45, 7) is 11.4. The molecule has 0 aromatic heterocycles. The lowest BCUT2D eigenvalue weighted by molar-refractivity contribution is -0.125. The van der Waals surface area contributed by atoms with Crippen LogP contribution in [-0.4, -0.2) is 60.7 Å². The Kier molecular flexibility index (Phi) is 13.3. The molecule has 0 fully saturated rings. The van der Waals surface area contributed by atoms with Crippen molar-refractivity contribution in [2.45, 2.75) is 91.0 Å². The maximum atomic E-state index is 13.3. The van der Waals surface area contributed by atoms with Crippen molar-refractivity contribution in [3.05, 3.63) is 71.8 Å². The number of nitrogens with one attached hydrogen (secondary N) is 3. The Morgan fingerprint density at radius 3 is 1.93 bits per heavy atom. The van der Waals surface area contributed by atoms with E-state index in [9.17, 15) is 23.1 Å². The van der Waals surface area contributed by atoms with Crippen LogP contribution in [0.3, 0.4) is 0 Å². The molecular formula is C32H49N3O5S. The molecule has 0 radical (unpaired) electrons. The molecule has 2 rings (SSSR count). The predicted octanol–water partition coefficient (Wildman–Crippen LogP) is 4.27. The molecule has 0 saturated carbocycles. The van der Waals surface area contributed by atoms with Gasteiger partial charge in [0.1, 0.15) is 0 Å². The van der Waals surface area contributed by atoms with Gasteiger partial charge in [0.05, 0.1) is 29.7 Å². The monoisotopic (exact) mass is 587 g/mol. The molecule has 3 amide bonds. The number of benzene rings is 2. The minimum atomic E-state index is -3.50. The van der Waals surface area contributed by atoms with Gasteiger partial charge < -0.3 is 21.1 Å². The third-order valence-corrected chi connectivity index (χ3v) is 8.64. The molecule has 8 nitrogen and oxygen atoms in total. The van der Waals surface area contributed by atoms with Crippen LogP contribution in [0.25, 0.3) is 0 Å². The van der Waals surface area contributed by atoms with Crippen LogP contribution in [0.4, 0.5) is 4.79 Å². The Labute approximate surface area is 246 Å². The van der Waals surface area contributed by atoms with Crippen molar-refractivity contribution in [1.29, 1.82) is 0 Å². The Morgan fingerprint density at radius 1 is 0.829 bits per heavy atom. The first kappa shape index (κ1) is 34.3. The Balaban J connectivity index is 2.19. The SMILES string of the molecule is CC(C)CCC(NC(=O)NC(C)(C)C)[C@H](O)[C@H](Cc1ccccc1)NC(=O)[C@H](C)CS(=O)(=O)CCc1ccccc1. The van der Waals surface area contributed by atoms with Gasteiger partial charge in [-0.15, -0.1) is 0 Å². The first-order chi connectivity index (χ1) is 19.1. The zero-order valence-electron chi connectivity index (χ0n) is 25.4. The maximum absolute atomic E-state index is 13.3. The highest BCUT2D eigenvalue weighted by Crippen LogP contribution is 2.17. The summed E-state index contributed by atoms with van der Waals surface area (Å²) >= 11 is 0. The molecule has 1 unspecified atom stereocenters. The number of carbonyl (C=O) groups excluding carboxylic acids is 2. The Morgan fingerprint density at radius 2 is 1.39 bits per heavy atom. The quantitative estimate of drug-likeness (QED) is 0.248. The van der Waals surface area contributed by atoms with Crippen molar-refractivity contribution in [2.75, 3.05) is 11.5 Å². The smallest absolute Gasteiger partial charge is 0.315 e. The topological polar surface area (TPSA) is 125 Å². The third-order valence-electron chi connectivity index (χ3n) is 6.81. The largest absolute Gasteiger partial charge is 0.389 e. The van der Waals surface area contributed by atoms with E-state index in [1.807, 2.05) is 81.4 Å². The van der Waals surface area contributed by atoms with Crippen LogP contribution < -0.4 is 16.0 Å². The van der Waals surface area contributed by atoms with Crippen LogP contribution in [0.2, 0.25) is 0 Å². The summed E-state index contributed by atoms with van der Waals surface area (Å²) in [6, 6.07) is 17.1. The molecule has 41 heavy (non-hydrogen) atoms. The lowest BCUT2D eigenvalue weighted by atomic mass is 9.91. The zero-order valence-corrected chi connectivity index (χ0v) is 26.2. The number of aliphatic hydroxyl groups is 1. The number of hydrogen-bond donors (Lipinski definition) is 4. The van der Waals surface area contributed by atoms with Crippen LogP contribution in [0, 0.1) is 11.8 Å². The van der Waals surface area contributed by atoms with E-state index in [2.05, 4.69) is 29.8 Å². The normalized spacial score (nSPS) is 15.0. The summed E-state index contributed by atoms with van der Waals surface area (Å²) < 4.78 is 25.7. The highest BCUT2D eigenvalue weighted by Gasteiger charge is 2.33. The molecule has 0 aliphatic carbocycles. The summed E-state index contributed by atoms with van der Waals surface area (Å²) in [7, 11) is -3.50. The predicted molar refractivity (Wildman–Crippen MR) is 165 cm³/mol. The maximum Gasteiger partial charge on any atom is 0.315 e. The molecule has 0 aliphatic heterocycles. The standard InChI is InChI=1S/C32H49N3O5S/c1-23(2)17-18-27(34-31(38)35-32(4,5)6)29(36)28(21-26-15-11-8-12-16-26)33-30(37)24(3)22-41(39,40)20-19-25-13-9-7-10-14-25/h7-16,23-24,27-29,36H,17-22H2,1-6H3,(H,33,37)(H2,34,35,38)/t24-,27?,28+,29+/m1/s1. The number of aryl methyl sites for hydroxylation is 1. The van der Waals surface area contributed by atoms with E-state index < -0.39 is 51.4 Å². The Bertz CT molecular complexity index is 1180. The van der Waals surface area contributed by atoms with E-state index in [0.29, 0.717) is 25.2 Å². The molecule has 9 heteroatoms. The van der Waals surface area contributed by atoms with Crippen LogP contribution in [-0.2, 0) is 27.5 Å². The van der Waals surface area contributed by atoms with Crippen molar-refractivity contribution < 1.29 is 23.1 Å². The van der Waals surface area contributed by atoms with Crippen LogP contribution in [0.5, 0.6) is 0 Å². The molecule has 2 aromatic carbocycles. The number of sulfone groups is 1. The highest BCUT2D eigenvalue weighted by atomic mass is 32.2.